The largest absolute Gasteiger partial charge is 0.410 e. The van der Waals surface area contributed by atoms with E-state index >= 15 is 0 Å². The summed E-state index contributed by atoms with van der Waals surface area (Å²) >= 11 is 0. The smallest absolute Gasteiger partial charge is 0.220 e. The van der Waals surface area contributed by atoms with E-state index in [1.54, 1.807) is 0 Å². The Balaban J connectivity index is 2.76. The van der Waals surface area contributed by atoms with Crippen molar-refractivity contribution in [1.82, 2.24) is 5.32 Å². The van der Waals surface area contributed by atoms with Crippen molar-refractivity contribution in [3.05, 3.63) is 0 Å². The minimum atomic E-state index is -1.78. The molecule has 1 rings (SSSR count). The Labute approximate surface area is 106 Å². The first-order valence-electron chi connectivity index (χ1n) is 6.45. The lowest BCUT2D eigenvalue weighted by Gasteiger charge is -2.45. The van der Waals surface area contributed by atoms with Gasteiger partial charge >= 0.3 is 0 Å². The van der Waals surface area contributed by atoms with E-state index in [2.05, 4.69) is 53.0 Å². The van der Waals surface area contributed by atoms with Crippen molar-refractivity contribution in [3.63, 3.8) is 0 Å². The van der Waals surface area contributed by atoms with Crippen LogP contribution in [0.2, 0.25) is 18.1 Å². The molecule has 1 atom stereocenters. The van der Waals surface area contributed by atoms with Crippen molar-refractivity contribution in [1.29, 1.82) is 0 Å². The summed E-state index contributed by atoms with van der Waals surface area (Å²) in [5.74, 6) is 0.155. The van der Waals surface area contributed by atoms with Crippen molar-refractivity contribution in [2.24, 2.45) is 0 Å². The molecule has 0 aromatic rings. The van der Waals surface area contributed by atoms with Crippen molar-refractivity contribution in [2.45, 2.75) is 77.2 Å². The maximum atomic E-state index is 11.3. The molecule has 1 amide bonds. The number of carbonyl (C=O) groups is 1. The highest BCUT2D eigenvalue weighted by Gasteiger charge is 2.45. The van der Waals surface area contributed by atoms with Gasteiger partial charge in [0.25, 0.3) is 0 Å². The highest BCUT2D eigenvalue weighted by Crippen LogP contribution is 2.40. The van der Waals surface area contributed by atoms with Crippen LogP contribution in [0.25, 0.3) is 0 Å². The van der Waals surface area contributed by atoms with E-state index in [1.165, 1.54) is 0 Å². The molecule has 17 heavy (non-hydrogen) atoms. The first-order chi connectivity index (χ1) is 7.46. The molecule has 1 saturated heterocycles. The monoisotopic (exact) mass is 257 g/mol. The third-order valence-electron chi connectivity index (χ3n) is 4.16. The minimum Gasteiger partial charge on any atom is -0.410 e. The Morgan fingerprint density at radius 2 is 1.76 bits per heavy atom. The summed E-state index contributed by atoms with van der Waals surface area (Å²) in [7, 11) is -1.78. The van der Waals surface area contributed by atoms with Crippen LogP contribution in [0.3, 0.4) is 0 Å². The summed E-state index contributed by atoms with van der Waals surface area (Å²) < 4.78 is 6.45. The molecule has 1 heterocycles. The van der Waals surface area contributed by atoms with Crippen molar-refractivity contribution in [2.75, 3.05) is 0 Å². The Morgan fingerprint density at radius 1 is 1.24 bits per heavy atom. The summed E-state index contributed by atoms with van der Waals surface area (Å²) in [6, 6.07) is 0.157. The predicted molar refractivity (Wildman–Crippen MR) is 73.5 cm³/mol. The number of amides is 1. The summed E-state index contributed by atoms with van der Waals surface area (Å²) in [5.41, 5.74) is -0.269. The molecule has 1 unspecified atom stereocenters. The number of nitrogens with one attached hydrogen (secondary N) is 1. The molecule has 1 aliphatic heterocycles. The normalized spacial score (nSPS) is 22.8. The molecule has 3 nitrogen and oxygen atoms in total. The fourth-order valence-electron chi connectivity index (χ4n) is 2.02. The lowest BCUT2D eigenvalue weighted by atomic mass is 9.98. The molecule has 1 fully saturated rings. The molecule has 0 aromatic heterocycles. The van der Waals surface area contributed by atoms with Gasteiger partial charge in [0.05, 0.1) is 11.6 Å². The van der Waals surface area contributed by atoms with E-state index < -0.39 is 8.32 Å². The minimum absolute atomic E-state index is 0.155. The lowest BCUT2D eigenvalue weighted by Crippen LogP contribution is -2.54. The number of rotatable bonds is 3. The van der Waals surface area contributed by atoms with Crippen LogP contribution in [0.4, 0.5) is 0 Å². The van der Waals surface area contributed by atoms with Crippen LogP contribution < -0.4 is 5.32 Å². The van der Waals surface area contributed by atoms with Gasteiger partial charge in [-0.05, 0) is 38.4 Å². The Kier molecular flexibility index (Phi) is 3.80. The van der Waals surface area contributed by atoms with Gasteiger partial charge in [0.2, 0.25) is 5.91 Å². The van der Waals surface area contributed by atoms with Crippen LogP contribution in [0.1, 0.15) is 47.5 Å². The van der Waals surface area contributed by atoms with Gasteiger partial charge in [-0.2, -0.15) is 0 Å². The van der Waals surface area contributed by atoms with Gasteiger partial charge < -0.3 is 9.74 Å². The van der Waals surface area contributed by atoms with Crippen molar-refractivity contribution < 1.29 is 9.22 Å². The SMILES string of the molecule is CC(C)(O[Si](C)(C)C(C)(C)C)C1CCC(=O)N1. The molecule has 100 valence electrons. The quantitative estimate of drug-likeness (QED) is 0.789. The molecular formula is C13H27NO2Si. The first-order valence-corrected chi connectivity index (χ1v) is 9.36. The zero-order valence-corrected chi connectivity index (χ0v) is 13.3. The Bertz CT molecular complexity index is 305. The molecule has 0 bridgehead atoms. The van der Waals surface area contributed by atoms with Gasteiger partial charge in [-0.25, -0.2) is 0 Å². The number of hydrogen-bond acceptors (Lipinski definition) is 2. The second-order valence-electron chi connectivity index (χ2n) is 7.12. The van der Waals surface area contributed by atoms with Crippen LogP contribution in [-0.2, 0) is 9.22 Å². The lowest BCUT2D eigenvalue weighted by molar-refractivity contribution is -0.120. The van der Waals surface area contributed by atoms with E-state index in [0.717, 1.165) is 6.42 Å². The van der Waals surface area contributed by atoms with Gasteiger partial charge in [0, 0.05) is 6.42 Å². The second kappa shape index (κ2) is 4.39. The average Bonchev–Trinajstić information content (AvgIpc) is 2.48. The van der Waals surface area contributed by atoms with Crippen LogP contribution in [0.5, 0.6) is 0 Å². The third-order valence-corrected chi connectivity index (χ3v) is 8.81. The van der Waals surface area contributed by atoms with Crippen molar-refractivity contribution >= 4 is 14.2 Å². The Hall–Kier alpha value is -0.353. The zero-order valence-electron chi connectivity index (χ0n) is 12.3. The molecule has 1 aliphatic rings. The molecule has 0 radical (unpaired) electrons. The van der Waals surface area contributed by atoms with E-state index in [0.29, 0.717) is 6.42 Å². The van der Waals surface area contributed by atoms with Gasteiger partial charge in [0.15, 0.2) is 8.32 Å². The van der Waals surface area contributed by atoms with Gasteiger partial charge in [0.1, 0.15) is 0 Å². The first kappa shape index (κ1) is 14.7. The summed E-state index contributed by atoms with van der Waals surface area (Å²) in [6.45, 7) is 15.4. The van der Waals surface area contributed by atoms with Crippen molar-refractivity contribution in [3.8, 4) is 0 Å². The standard InChI is InChI=1S/C13H27NO2Si/c1-12(2,3)17(6,7)16-13(4,5)10-8-9-11(15)14-10/h10H,8-9H2,1-7H3,(H,14,15). The van der Waals surface area contributed by atoms with Gasteiger partial charge in [-0.1, -0.05) is 20.8 Å². The predicted octanol–water partition coefficient (Wildman–Crippen LogP) is 3.07. The van der Waals surface area contributed by atoms with Crippen LogP contribution in [0.15, 0.2) is 0 Å². The van der Waals surface area contributed by atoms with Gasteiger partial charge in [-0.3, -0.25) is 4.79 Å². The molecular weight excluding hydrogens is 230 g/mol. The van der Waals surface area contributed by atoms with Crippen LogP contribution in [0, 0.1) is 0 Å². The number of carbonyl (C=O) groups excluding carboxylic acids is 1. The zero-order chi connectivity index (χ0) is 13.5. The second-order valence-corrected chi connectivity index (χ2v) is 11.8. The molecule has 0 saturated carbocycles. The molecule has 0 aromatic carbocycles. The highest BCUT2D eigenvalue weighted by atomic mass is 28.4. The van der Waals surface area contributed by atoms with Gasteiger partial charge in [-0.15, -0.1) is 0 Å². The third kappa shape index (κ3) is 3.32. The summed E-state index contributed by atoms with van der Waals surface area (Å²) in [4.78, 5) is 11.3. The summed E-state index contributed by atoms with van der Waals surface area (Å²) in [5, 5.41) is 3.23. The Morgan fingerprint density at radius 3 is 2.12 bits per heavy atom. The highest BCUT2D eigenvalue weighted by molar-refractivity contribution is 6.74. The van der Waals surface area contributed by atoms with Crippen LogP contribution >= 0.6 is 0 Å². The van der Waals surface area contributed by atoms with E-state index in [1.807, 2.05) is 0 Å². The average molecular weight is 257 g/mol. The fourth-order valence-corrected chi connectivity index (χ4v) is 3.78. The molecule has 0 spiro atoms. The number of hydrogen-bond donors (Lipinski definition) is 1. The molecule has 1 N–H and O–H groups in total. The molecule has 4 heteroatoms. The van der Waals surface area contributed by atoms with Crippen LogP contribution in [-0.4, -0.2) is 25.9 Å². The fraction of sp³-hybridized carbons (Fsp3) is 0.923. The van der Waals surface area contributed by atoms with E-state index in [9.17, 15) is 4.79 Å². The molecule has 0 aliphatic carbocycles. The maximum absolute atomic E-state index is 11.3. The topological polar surface area (TPSA) is 38.3 Å². The van der Waals surface area contributed by atoms with E-state index in [4.69, 9.17) is 4.43 Å². The van der Waals surface area contributed by atoms with E-state index in [-0.39, 0.29) is 22.6 Å². The maximum Gasteiger partial charge on any atom is 0.220 e. The summed E-state index contributed by atoms with van der Waals surface area (Å²) in [6.07, 6.45) is 1.52.